The normalized spacial score (nSPS) is 11.2. The Kier molecular flexibility index (Phi) is 5.93. The molecule has 1 amide bonds. The molecule has 4 rings (SSSR count). The van der Waals surface area contributed by atoms with Gasteiger partial charge in [-0.1, -0.05) is 36.4 Å². The summed E-state index contributed by atoms with van der Waals surface area (Å²) in [6.45, 7) is 0. The SMILES string of the molecule is COC(=O)c1cccc(NC(=O)c2cc3ccccc3cc2NS(=O)(=O)c2cccs2)c1. The van der Waals surface area contributed by atoms with Crippen molar-refractivity contribution in [3.63, 3.8) is 0 Å². The Morgan fingerprint density at radius 2 is 1.66 bits per heavy atom. The molecular formula is C23H18N2O5S2. The molecule has 0 bridgehead atoms. The van der Waals surface area contributed by atoms with Crippen molar-refractivity contribution in [1.29, 1.82) is 0 Å². The zero-order valence-electron chi connectivity index (χ0n) is 16.9. The molecule has 0 aliphatic rings. The van der Waals surface area contributed by atoms with Crippen LogP contribution < -0.4 is 10.0 Å². The molecule has 2 N–H and O–H groups in total. The highest BCUT2D eigenvalue weighted by Gasteiger charge is 2.21. The topological polar surface area (TPSA) is 102 Å². The molecule has 1 aromatic heterocycles. The van der Waals surface area contributed by atoms with Crippen LogP contribution in [0.4, 0.5) is 11.4 Å². The fourth-order valence-corrected chi connectivity index (χ4v) is 5.23. The average Bonchev–Trinajstić information content (AvgIpc) is 3.34. The number of methoxy groups -OCH3 is 1. The van der Waals surface area contributed by atoms with E-state index in [0.29, 0.717) is 5.69 Å². The van der Waals surface area contributed by atoms with Gasteiger partial charge < -0.3 is 10.1 Å². The number of benzene rings is 3. The van der Waals surface area contributed by atoms with E-state index in [1.165, 1.54) is 19.2 Å². The van der Waals surface area contributed by atoms with Gasteiger partial charge in [-0.2, -0.15) is 0 Å². The molecular weight excluding hydrogens is 448 g/mol. The second kappa shape index (κ2) is 8.81. The van der Waals surface area contributed by atoms with Gasteiger partial charge in [-0.05, 0) is 52.6 Å². The van der Waals surface area contributed by atoms with Crippen LogP contribution in [0.25, 0.3) is 10.8 Å². The Bertz CT molecular complexity index is 1410. The third-order valence-electron chi connectivity index (χ3n) is 4.68. The van der Waals surface area contributed by atoms with Gasteiger partial charge in [-0.3, -0.25) is 9.52 Å². The van der Waals surface area contributed by atoms with Crippen LogP contribution in [0.1, 0.15) is 20.7 Å². The van der Waals surface area contributed by atoms with E-state index >= 15 is 0 Å². The van der Waals surface area contributed by atoms with Gasteiger partial charge in [0.2, 0.25) is 0 Å². The quantitative estimate of drug-likeness (QED) is 0.400. The van der Waals surface area contributed by atoms with E-state index in [0.717, 1.165) is 22.1 Å². The van der Waals surface area contributed by atoms with E-state index in [2.05, 4.69) is 10.0 Å². The summed E-state index contributed by atoms with van der Waals surface area (Å²) in [5, 5.41) is 5.94. The first kappa shape index (κ1) is 21.5. The van der Waals surface area contributed by atoms with Crippen molar-refractivity contribution in [2.75, 3.05) is 17.1 Å². The van der Waals surface area contributed by atoms with E-state index in [1.54, 1.807) is 41.8 Å². The van der Waals surface area contributed by atoms with Crippen molar-refractivity contribution < 1.29 is 22.7 Å². The predicted octanol–water partition coefficient (Wildman–Crippen LogP) is 4.74. The Balaban J connectivity index is 1.73. The van der Waals surface area contributed by atoms with E-state index in [4.69, 9.17) is 4.74 Å². The minimum atomic E-state index is -3.86. The number of hydrogen-bond acceptors (Lipinski definition) is 6. The Labute approximate surface area is 188 Å². The Hall–Kier alpha value is -3.69. The first-order valence-electron chi connectivity index (χ1n) is 9.46. The number of rotatable bonds is 6. The number of carbonyl (C=O) groups is 2. The lowest BCUT2D eigenvalue weighted by molar-refractivity contribution is 0.0600. The van der Waals surface area contributed by atoms with Crippen LogP contribution in [0.3, 0.4) is 0 Å². The lowest BCUT2D eigenvalue weighted by atomic mass is 10.0. The van der Waals surface area contributed by atoms with E-state index < -0.39 is 21.9 Å². The van der Waals surface area contributed by atoms with Crippen molar-refractivity contribution in [2.24, 2.45) is 0 Å². The summed E-state index contributed by atoms with van der Waals surface area (Å²) in [5.41, 5.74) is 0.951. The predicted molar refractivity (Wildman–Crippen MR) is 125 cm³/mol. The van der Waals surface area contributed by atoms with Crippen molar-refractivity contribution in [2.45, 2.75) is 4.21 Å². The molecule has 0 saturated heterocycles. The fraction of sp³-hybridized carbons (Fsp3) is 0.0435. The maximum atomic E-state index is 13.1. The number of nitrogens with one attached hydrogen (secondary N) is 2. The van der Waals surface area contributed by atoms with Gasteiger partial charge in [-0.25, -0.2) is 13.2 Å². The molecule has 0 atom stereocenters. The van der Waals surface area contributed by atoms with Gasteiger partial charge >= 0.3 is 5.97 Å². The summed E-state index contributed by atoms with van der Waals surface area (Å²) in [6, 6.07) is 20.0. The second-order valence-electron chi connectivity index (χ2n) is 6.81. The average molecular weight is 467 g/mol. The highest BCUT2D eigenvalue weighted by molar-refractivity contribution is 7.94. The van der Waals surface area contributed by atoms with E-state index in [1.807, 2.05) is 24.3 Å². The molecule has 0 radical (unpaired) electrons. The highest BCUT2D eigenvalue weighted by atomic mass is 32.2. The molecule has 0 saturated carbocycles. The number of esters is 1. The summed E-state index contributed by atoms with van der Waals surface area (Å²) in [6.07, 6.45) is 0. The molecule has 9 heteroatoms. The monoisotopic (exact) mass is 466 g/mol. The smallest absolute Gasteiger partial charge is 0.337 e. The minimum Gasteiger partial charge on any atom is -0.465 e. The molecule has 7 nitrogen and oxygen atoms in total. The first-order chi connectivity index (χ1) is 15.4. The number of thiophene rings is 1. The van der Waals surface area contributed by atoms with Gasteiger partial charge in [0, 0.05) is 5.69 Å². The summed E-state index contributed by atoms with van der Waals surface area (Å²) >= 11 is 1.08. The number of sulfonamides is 1. The molecule has 0 aliphatic carbocycles. The van der Waals surface area contributed by atoms with Crippen molar-refractivity contribution >= 4 is 55.4 Å². The van der Waals surface area contributed by atoms with Gasteiger partial charge in [0.25, 0.3) is 15.9 Å². The van der Waals surface area contributed by atoms with Crippen molar-refractivity contribution in [3.05, 3.63) is 89.3 Å². The van der Waals surface area contributed by atoms with Gasteiger partial charge in [-0.15, -0.1) is 11.3 Å². The van der Waals surface area contributed by atoms with Crippen LogP contribution in [0, 0.1) is 0 Å². The molecule has 162 valence electrons. The van der Waals surface area contributed by atoms with Crippen LogP contribution in [0.15, 0.2) is 82.4 Å². The summed E-state index contributed by atoms with van der Waals surface area (Å²) in [7, 11) is -2.59. The molecule has 3 aromatic carbocycles. The largest absolute Gasteiger partial charge is 0.465 e. The standard InChI is InChI=1S/C23H18N2O5S2/c1-30-23(27)17-8-4-9-18(12-17)24-22(26)19-13-15-6-2-3-7-16(15)14-20(19)25-32(28,29)21-10-5-11-31-21/h2-14,25H,1H3,(H,24,26). The first-order valence-corrected chi connectivity index (χ1v) is 11.8. The summed E-state index contributed by atoms with van der Waals surface area (Å²) < 4.78 is 33.0. The number of hydrogen-bond donors (Lipinski definition) is 2. The summed E-state index contributed by atoms with van der Waals surface area (Å²) in [4.78, 5) is 24.9. The molecule has 32 heavy (non-hydrogen) atoms. The minimum absolute atomic E-state index is 0.141. The maximum absolute atomic E-state index is 13.1. The maximum Gasteiger partial charge on any atom is 0.337 e. The highest BCUT2D eigenvalue weighted by Crippen LogP contribution is 2.28. The lowest BCUT2D eigenvalue weighted by Gasteiger charge is -2.14. The number of amides is 1. The lowest BCUT2D eigenvalue weighted by Crippen LogP contribution is -2.18. The third-order valence-corrected chi connectivity index (χ3v) is 7.44. The number of carbonyl (C=O) groups excluding carboxylic acids is 2. The second-order valence-corrected chi connectivity index (χ2v) is 9.67. The van der Waals surface area contributed by atoms with Gasteiger partial charge in [0.1, 0.15) is 4.21 Å². The zero-order chi connectivity index (χ0) is 22.7. The molecule has 0 spiro atoms. The molecule has 4 aromatic rings. The van der Waals surface area contributed by atoms with E-state index in [9.17, 15) is 18.0 Å². The zero-order valence-corrected chi connectivity index (χ0v) is 18.5. The Morgan fingerprint density at radius 1 is 0.906 bits per heavy atom. The van der Waals surface area contributed by atoms with Crippen LogP contribution in [-0.4, -0.2) is 27.4 Å². The molecule has 0 fully saturated rings. The van der Waals surface area contributed by atoms with Crippen LogP contribution in [-0.2, 0) is 14.8 Å². The van der Waals surface area contributed by atoms with Crippen LogP contribution in [0.2, 0.25) is 0 Å². The fourth-order valence-electron chi connectivity index (χ4n) is 3.16. The molecule has 0 aliphatic heterocycles. The van der Waals surface area contributed by atoms with Gasteiger partial charge in [0.05, 0.1) is 23.9 Å². The summed E-state index contributed by atoms with van der Waals surface area (Å²) in [5.74, 6) is -1.06. The number of anilines is 2. The molecule has 1 heterocycles. The number of fused-ring (bicyclic) bond motifs is 1. The molecule has 0 unspecified atom stereocenters. The van der Waals surface area contributed by atoms with E-state index in [-0.39, 0.29) is 21.0 Å². The Morgan fingerprint density at radius 3 is 2.34 bits per heavy atom. The number of ether oxygens (including phenoxy) is 1. The van der Waals surface area contributed by atoms with Crippen LogP contribution in [0.5, 0.6) is 0 Å². The van der Waals surface area contributed by atoms with Crippen molar-refractivity contribution in [3.8, 4) is 0 Å². The van der Waals surface area contributed by atoms with Gasteiger partial charge in [0.15, 0.2) is 0 Å². The van der Waals surface area contributed by atoms with Crippen molar-refractivity contribution in [1.82, 2.24) is 0 Å². The van der Waals surface area contributed by atoms with Crippen LogP contribution >= 0.6 is 11.3 Å². The third kappa shape index (κ3) is 4.48.